The number of rotatable bonds is 5. The largest absolute Gasteiger partial charge is 0.435 e. The van der Waals surface area contributed by atoms with Crippen molar-refractivity contribution in [2.75, 3.05) is 12.4 Å². The minimum absolute atomic E-state index is 0.00417. The third kappa shape index (κ3) is 4.01. The molecule has 1 aliphatic rings. The van der Waals surface area contributed by atoms with E-state index in [-0.39, 0.29) is 23.4 Å². The van der Waals surface area contributed by atoms with Crippen LogP contribution in [0.15, 0.2) is 30.3 Å². The highest BCUT2D eigenvalue weighted by molar-refractivity contribution is 5.91. The van der Waals surface area contributed by atoms with Gasteiger partial charge in [0.2, 0.25) is 0 Å². The molecule has 0 fully saturated rings. The van der Waals surface area contributed by atoms with Crippen LogP contribution in [0.25, 0.3) is 0 Å². The van der Waals surface area contributed by atoms with Crippen LogP contribution in [0.4, 0.5) is 14.6 Å². The summed E-state index contributed by atoms with van der Waals surface area (Å²) < 4.78 is 29.2. The Morgan fingerprint density at radius 2 is 2.12 bits per heavy atom. The van der Waals surface area contributed by atoms with Crippen molar-refractivity contribution in [2.24, 2.45) is 0 Å². The van der Waals surface area contributed by atoms with Crippen molar-refractivity contribution in [3.8, 4) is 5.75 Å². The Balaban J connectivity index is 1.75. The molecule has 1 aromatic heterocycles. The Morgan fingerprint density at radius 1 is 1.28 bits per heavy atom. The van der Waals surface area contributed by atoms with Gasteiger partial charge < -0.3 is 15.4 Å². The Morgan fingerprint density at radius 3 is 2.80 bits per heavy atom. The molecular weight excluding hydrogens is 330 g/mol. The summed E-state index contributed by atoms with van der Waals surface area (Å²) in [6, 6.07) is 8.30. The molecule has 132 valence electrons. The molecule has 1 heterocycles. The minimum Gasteiger partial charge on any atom is -0.435 e. The number of halogens is 2. The molecule has 2 aromatic rings. The predicted molar refractivity (Wildman–Crippen MR) is 87.8 cm³/mol. The smallest absolute Gasteiger partial charge is 0.387 e. The number of carbonyl (C=O) groups excluding carboxylic acids is 1. The highest BCUT2D eigenvalue weighted by Gasteiger charge is 2.21. The zero-order valence-electron chi connectivity index (χ0n) is 13.6. The lowest BCUT2D eigenvalue weighted by Crippen LogP contribution is -2.21. The summed E-state index contributed by atoms with van der Waals surface area (Å²) in [5.74, 6) is 0.427. The van der Waals surface area contributed by atoms with Gasteiger partial charge in [0.15, 0.2) is 5.69 Å². The number of alkyl halides is 2. The SMILES string of the molecule is CNC(=O)c1ccc(NC2CCCc3cc(OC(F)F)ccc32)nn1. The number of nitrogens with one attached hydrogen (secondary N) is 2. The molecule has 3 rings (SSSR count). The van der Waals surface area contributed by atoms with Gasteiger partial charge in [0.1, 0.15) is 11.6 Å². The van der Waals surface area contributed by atoms with Crippen LogP contribution < -0.4 is 15.4 Å². The molecule has 8 heteroatoms. The van der Waals surface area contributed by atoms with E-state index >= 15 is 0 Å². The number of hydrogen-bond donors (Lipinski definition) is 2. The first-order valence-electron chi connectivity index (χ1n) is 7.97. The zero-order valence-corrected chi connectivity index (χ0v) is 13.6. The fourth-order valence-corrected chi connectivity index (χ4v) is 2.95. The van der Waals surface area contributed by atoms with Gasteiger partial charge in [0, 0.05) is 7.05 Å². The summed E-state index contributed by atoms with van der Waals surface area (Å²) in [4.78, 5) is 11.5. The number of amides is 1. The number of fused-ring (bicyclic) bond motifs is 1. The number of benzene rings is 1. The Hall–Kier alpha value is -2.77. The van der Waals surface area contributed by atoms with E-state index in [2.05, 4.69) is 25.6 Å². The van der Waals surface area contributed by atoms with E-state index < -0.39 is 6.61 Å². The van der Waals surface area contributed by atoms with E-state index in [0.29, 0.717) is 5.82 Å². The van der Waals surface area contributed by atoms with E-state index in [1.54, 1.807) is 30.3 Å². The minimum atomic E-state index is -2.83. The van der Waals surface area contributed by atoms with Crippen molar-refractivity contribution in [1.82, 2.24) is 15.5 Å². The lowest BCUT2D eigenvalue weighted by Gasteiger charge is -2.27. The van der Waals surface area contributed by atoms with E-state index in [4.69, 9.17) is 0 Å². The van der Waals surface area contributed by atoms with Crippen LogP contribution in [0.2, 0.25) is 0 Å². The lowest BCUT2D eigenvalue weighted by atomic mass is 9.87. The quantitative estimate of drug-likeness (QED) is 0.869. The van der Waals surface area contributed by atoms with Crippen molar-refractivity contribution in [2.45, 2.75) is 31.9 Å². The van der Waals surface area contributed by atoms with Crippen LogP contribution in [0, 0.1) is 0 Å². The zero-order chi connectivity index (χ0) is 17.8. The van der Waals surface area contributed by atoms with Gasteiger partial charge in [0.25, 0.3) is 5.91 Å². The average Bonchev–Trinajstić information content (AvgIpc) is 2.61. The molecule has 0 radical (unpaired) electrons. The van der Waals surface area contributed by atoms with Crippen LogP contribution in [0.1, 0.15) is 40.5 Å². The molecule has 0 aliphatic heterocycles. The number of hydrogen-bond acceptors (Lipinski definition) is 5. The maximum Gasteiger partial charge on any atom is 0.387 e. The topological polar surface area (TPSA) is 76.1 Å². The Kier molecular flexibility index (Phi) is 5.06. The van der Waals surface area contributed by atoms with Gasteiger partial charge in [-0.2, -0.15) is 8.78 Å². The van der Waals surface area contributed by atoms with Crippen molar-refractivity contribution < 1.29 is 18.3 Å². The molecule has 1 atom stereocenters. The van der Waals surface area contributed by atoms with Crippen molar-refractivity contribution >= 4 is 11.7 Å². The molecule has 25 heavy (non-hydrogen) atoms. The first kappa shape index (κ1) is 17.1. The standard InChI is InChI=1S/C17H18F2N4O2/c1-20-16(24)14-7-8-15(23-22-14)21-13-4-2-3-10-9-11(25-17(18)19)5-6-12(10)13/h5-9,13,17H,2-4H2,1H3,(H,20,24)(H,21,23). The van der Waals surface area contributed by atoms with Crippen LogP contribution in [0.5, 0.6) is 5.75 Å². The molecular formula is C17H18F2N4O2. The molecule has 1 unspecified atom stereocenters. The van der Waals surface area contributed by atoms with Crippen LogP contribution in [-0.2, 0) is 6.42 Å². The average molecular weight is 348 g/mol. The highest BCUT2D eigenvalue weighted by atomic mass is 19.3. The second-order valence-electron chi connectivity index (χ2n) is 5.71. The Labute approximate surface area is 143 Å². The number of ether oxygens (including phenoxy) is 1. The van der Waals surface area contributed by atoms with Crippen LogP contribution >= 0.6 is 0 Å². The third-order valence-electron chi connectivity index (χ3n) is 4.10. The number of carbonyl (C=O) groups is 1. The van der Waals surface area contributed by atoms with E-state index in [1.165, 1.54) is 7.05 Å². The first-order chi connectivity index (χ1) is 12.1. The normalized spacial score (nSPS) is 16.2. The van der Waals surface area contributed by atoms with Gasteiger partial charge in [-0.25, -0.2) is 0 Å². The maximum absolute atomic E-state index is 12.4. The molecule has 0 bridgehead atoms. The van der Waals surface area contributed by atoms with E-state index in [9.17, 15) is 13.6 Å². The number of anilines is 1. The van der Waals surface area contributed by atoms with Crippen LogP contribution in [0.3, 0.4) is 0 Å². The molecule has 0 saturated heterocycles. The molecule has 1 aliphatic carbocycles. The summed E-state index contributed by atoms with van der Waals surface area (Å²) in [5, 5.41) is 13.7. The molecule has 0 saturated carbocycles. The van der Waals surface area contributed by atoms with Gasteiger partial charge in [-0.3, -0.25) is 4.79 Å². The summed E-state index contributed by atoms with van der Waals surface area (Å²) in [6.45, 7) is -2.83. The van der Waals surface area contributed by atoms with Gasteiger partial charge in [0.05, 0.1) is 6.04 Å². The van der Waals surface area contributed by atoms with Gasteiger partial charge >= 0.3 is 6.61 Å². The van der Waals surface area contributed by atoms with Gasteiger partial charge in [-0.1, -0.05) is 6.07 Å². The fraction of sp³-hybridized carbons (Fsp3) is 0.353. The molecule has 1 aromatic carbocycles. The van der Waals surface area contributed by atoms with Crippen molar-refractivity contribution in [3.05, 3.63) is 47.2 Å². The summed E-state index contributed by atoms with van der Waals surface area (Å²) >= 11 is 0. The molecule has 6 nitrogen and oxygen atoms in total. The van der Waals surface area contributed by atoms with Gasteiger partial charge in [-0.05, 0) is 54.7 Å². The number of nitrogens with zero attached hydrogens (tertiary/aromatic N) is 2. The lowest BCUT2D eigenvalue weighted by molar-refractivity contribution is -0.0499. The summed E-state index contributed by atoms with van der Waals surface area (Å²) in [5.41, 5.74) is 2.26. The molecule has 1 amide bonds. The predicted octanol–water partition coefficient (Wildman–Crippen LogP) is 2.93. The monoisotopic (exact) mass is 348 g/mol. The second kappa shape index (κ2) is 7.42. The molecule has 2 N–H and O–H groups in total. The number of aromatic nitrogens is 2. The summed E-state index contributed by atoms with van der Waals surface area (Å²) in [6.07, 6.45) is 2.63. The van der Waals surface area contributed by atoms with Crippen molar-refractivity contribution in [3.63, 3.8) is 0 Å². The number of aryl methyl sites for hydroxylation is 1. The van der Waals surface area contributed by atoms with E-state index in [0.717, 1.165) is 30.4 Å². The Bertz CT molecular complexity index is 753. The van der Waals surface area contributed by atoms with Crippen molar-refractivity contribution in [1.29, 1.82) is 0 Å². The third-order valence-corrected chi connectivity index (χ3v) is 4.10. The fourth-order valence-electron chi connectivity index (χ4n) is 2.95. The first-order valence-corrected chi connectivity index (χ1v) is 7.97. The second-order valence-corrected chi connectivity index (χ2v) is 5.71. The highest BCUT2D eigenvalue weighted by Crippen LogP contribution is 2.34. The van der Waals surface area contributed by atoms with Crippen LogP contribution in [-0.4, -0.2) is 29.8 Å². The summed E-state index contributed by atoms with van der Waals surface area (Å²) in [7, 11) is 1.53. The molecule has 0 spiro atoms. The van der Waals surface area contributed by atoms with Gasteiger partial charge in [-0.15, -0.1) is 10.2 Å². The van der Waals surface area contributed by atoms with E-state index in [1.807, 2.05) is 0 Å². The maximum atomic E-state index is 12.4.